The van der Waals surface area contributed by atoms with Crippen molar-refractivity contribution in [3.63, 3.8) is 0 Å². The third-order valence-electron chi connectivity index (χ3n) is 3.40. The Morgan fingerprint density at radius 3 is 2.68 bits per heavy atom. The van der Waals surface area contributed by atoms with Gasteiger partial charge in [0.2, 0.25) is 5.91 Å². The van der Waals surface area contributed by atoms with E-state index in [9.17, 15) is 4.79 Å². The maximum Gasteiger partial charge on any atom is 0.243 e. The lowest BCUT2D eigenvalue weighted by Crippen LogP contribution is -2.23. The minimum atomic E-state index is 0.0360. The molecule has 3 heteroatoms. The summed E-state index contributed by atoms with van der Waals surface area (Å²) in [5.74, 6) is 1.99. The van der Waals surface area contributed by atoms with E-state index < -0.39 is 0 Å². The van der Waals surface area contributed by atoms with Gasteiger partial charge < -0.3 is 5.32 Å². The maximum atomic E-state index is 11.6. The number of hydrogen-bond donors (Lipinski definition) is 1. The third kappa shape index (κ3) is 10.5. The summed E-state index contributed by atoms with van der Waals surface area (Å²) in [7, 11) is 0. The minimum Gasteiger partial charge on any atom is -0.352 e. The van der Waals surface area contributed by atoms with Crippen molar-refractivity contribution in [2.45, 2.75) is 51.2 Å². The smallest absolute Gasteiger partial charge is 0.243 e. The highest BCUT2D eigenvalue weighted by Gasteiger charge is 1.96. The van der Waals surface area contributed by atoms with E-state index in [-0.39, 0.29) is 5.91 Å². The topological polar surface area (TPSA) is 29.1 Å². The molecule has 0 aliphatic carbocycles. The molecule has 22 heavy (non-hydrogen) atoms. The molecule has 0 heterocycles. The van der Waals surface area contributed by atoms with Crippen molar-refractivity contribution in [3.05, 3.63) is 48.0 Å². The summed E-state index contributed by atoms with van der Waals surface area (Å²) >= 11 is 1.85. The van der Waals surface area contributed by atoms with Crippen molar-refractivity contribution < 1.29 is 4.79 Å². The van der Waals surface area contributed by atoms with Gasteiger partial charge in [-0.3, -0.25) is 4.79 Å². The van der Waals surface area contributed by atoms with Crippen LogP contribution in [0.5, 0.6) is 0 Å². The fourth-order valence-electron chi connectivity index (χ4n) is 2.13. The minimum absolute atomic E-state index is 0.0360. The Morgan fingerprint density at radius 2 is 1.91 bits per heavy atom. The van der Waals surface area contributed by atoms with Crippen LogP contribution in [0.25, 0.3) is 0 Å². The van der Waals surface area contributed by atoms with Gasteiger partial charge in [0.05, 0.1) is 0 Å². The zero-order valence-corrected chi connectivity index (χ0v) is 14.5. The second-order valence-electron chi connectivity index (χ2n) is 5.43. The second-order valence-corrected chi connectivity index (χ2v) is 6.54. The van der Waals surface area contributed by atoms with Crippen molar-refractivity contribution in [1.29, 1.82) is 0 Å². The largest absolute Gasteiger partial charge is 0.352 e. The Bertz CT molecular complexity index is 417. The van der Waals surface area contributed by atoms with Crippen LogP contribution in [0, 0.1) is 0 Å². The Morgan fingerprint density at radius 1 is 1.14 bits per heavy atom. The van der Waals surface area contributed by atoms with Crippen LogP contribution in [0.4, 0.5) is 0 Å². The highest BCUT2D eigenvalue weighted by Crippen LogP contribution is 2.10. The van der Waals surface area contributed by atoms with Crippen LogP contribution >= 0.6 is 11.8 Å². The molecular formula is C19H29NOS. The highest BCUT2D eigenvalue weighted by molar-refractivity contribution is 7.98. The fraction of sp³-hybridized carbons (Fsp3) is 0.526. The molecular weight excluding hydrogens is 290 g/mol. The van der Waals surface area contributed by atoms with Gasteiger partial charge in [-0.1, -0.05) is 69.0 Å². The van der Waals surface area contributed by atoms with E-state index in [0.717, 1.165) is 24.5 Å². The molecule has 1 aromatic carbocycles. The summed E-state index contributed by atoms with van der Waals surface area (Å²) in [6, 6.07) is 10.4. The number of nitrogens with one attached hydrogen (secondary N) is 1. The van der Waals surface area contributed by atoms with Crippen LogP contribution in [0.2, 0.25) is 0 Å². The molecule has 0 unspecified atom stereocenters. The van der Waals surface area contributed by atoms with E-state index in [1.54, 1.807) is 6.08 Å². The van der Waals surface area contributed by atoms with Gasteiger partial charge in [0, 0.05) is 18.1 Å². The van der Waals surface area contributed by atoms with Crippen molar-refractivity contribution in [2.75, 3.05) is 12.3 Å². The van der Waals surface area contributed by atoms with E-state index in [1.165, 1.54) is 37.7 Å². The second kappa shape index (κ2) is 13.4. The molecule has 122 valence electrons. The van der Waals surface area contributed by atoms with E-state index in [2.05, 4.69) is 36.5 Å². The number of benzene rings is 1. The van der Waals surface area contributed by atoms with Crippen LogP contribution < -0.4 is 5.32 Å². The van der Waals surface area contributed by atoms with Crippen LogP contribution in [0.1, 0.15) is 51.0 Å². The average Bonchev–Trinajstić information content (AvgIpc) is 2.54. The molecule has 0 saturated heterocycles. The van der Waals surface area contributed by atoms with Gasteiger partial charge in [0.25, 0.3) is 0 Å². The highest BCUT2D eigenvalue weighted by atomic mass is 32.2. The Balaban J connectivity index is 1.94. The van der Waals surface area contributed by atoms with Crippen LogP contribution in [0.15, 0.2) is 42.5 Å². The summed E-state index contributed by atoms with van der Waals surface area (Å²) < 4.78 is 0. The quantitative estimate of drug-likeness (QED) is 0.436. The van der Waals surface area contributed by atoms with E-state index in [0.29, 0.717) is 0 Å². The number of carbonyl (C=O) groups excluding carboxylic acids is 1. The zero-order chi connectivity index (χ0) is 15.9. The molecule has 0 spiro atoms. The predicted molar refractivity (Wildman–Crippen MR) is 98.1 cm³/mol. The van der Waals surface area contributed by atoms with Crippen LogP contribution in [-0.4, -0.2) is 18.2 Å². The number of rotatable bonds is 12. The normalized spacial score (nSPS) is 11.0. The summed E-state index contributed by atoms with van der Waals surface area (Å²) in [6.45, 7) is 2.96. The number of amides is 1. The molecule has 1 amide bonds. The first-order valence-electron chi connectivity index (χ1n) is 8.39. The molecule has 2 nitrogen and oxygen atoms in total. The summed E-state index contributed by atoms with van der Waals surface area (Å²) in [5.41, 5.74) is 1.33. The van der Waals surface area contributed by atoms with Crippen molar-refractivity contribution >= 4 is 17.7 Å². The fourth-order valence-corrected chi connectivity index (χ4v) is 2.94. The first-order chi connectivity index (χ1) is 10.8. The van der Waals surface area contributed by atoms with Crippen LogP contribution in [0.3, 0.4) is 0 Å². The first-order valence-corrected chi connectivity index (χ1v) is 9.54. The molecule has 1 rings (SSSR count). The van der Waals surface area contributed by atoms with E-state index in [4.69, 9.17) is 0 Å². The standard InChI is InChI=1S/C19H29NOS/c1-2-3-4-5-6-7-11-14-19(21)20-15-16-22-17-18-12-9-8-10-13-18/h8-14H,2-7,15-17H2,1H3,(H,20,21)/b14-11+. The van der Waals surface area contributed by atoms with Gasteiger partial charge in [0.1, 0.15) is 0 Å². The lowest BCUT2D eigenvalue weighted by atomic mass is 10.1. The molecule has 0 aromatic heterocycles. The molecule has 0 bridgehead atoms. The first kappa shape index (κ1) is 18.8. The average molecular weight is 320 g/mol. The van der Waals surface area contributed by atoms with Crippen molar-refractivity contribution in [3.8, 4) is 0 Å². The molecule has 0 atom stereocenters. The van der Waals surface area contributed by atoms with Gasteiger partial charge >= 0.3 is 0 Å². The SMILES string of the molecule is CCCCCCC/C=C/C(=O)NCCSCc1ccccc1. The van der Waals surface area contributed by atoms with Crippen LogP contribution in [-0.2, 0) is 10.5 Å². The van der Waals surface area contributed by atoms with Gasteiger partial charge in [-0.25, -0.2) is 0 Å². The number of hydrogen-bond acceptors (Lipinski definition) is 2. The van der Waals surface area contributed by atoms with Crippen molar-refractivity contribution in [2.24, 2.45) is 0 Å². The summed E-state index contributed by atoms with van der Waals surface area (Å²) in [5, 5.41) is 2.93. The van der Waals surface area contributed by atoms with Gasteiger partial charge in [-0.2, -0.15) is 11.8 Å². The van der Waals surface area contributed by atoms with E-state index >= 15 is 0 Å². The number of allylic oxidation sites excluding steroid dienone is 1. The molecule has 0 saturated carbocycles. The molecule has 0 fully saturated rings. The molecule has 0 aliphatic rings. The summed E-state index contributed by atoms with van der Waals surface area (Å²) in [6.07, 6.45) is 11.1. The Kier molecular flexibility index (Phi) is 11.5. The maximum absolute atomic E-state index is 11.6. The monoisotopic (exact) mass is 319 g/mol. The molecule has 0 aliphatic heterocycles. The molecule has 1 N–H and O–H groups in total. The van der Waals surface area contributed by atoms with Gasteiger partial charge in [-0.05, 0) is 24.5 Å². The number of thioether (sulfide) groups is 1. The predicted octanol–water partition coefficient (Wildman–Crippen LogP) is 4.95. The number of carbonyl (C=O) groups is 1. The molecule has 1 aromatic rings. The lowest BCUT2D eigenvalue weighted by molar-refractivity contribution is -0.116. The van der Waals surface area contributed by atoms with Gasteiger partial charge in [-0.15, -0.1) is 0 Å². The third-order valence-corrected chi connectivity index (χ3v) is 4.43. The lowest BCUT2D eigenvalue weighted by Gasteiger charge is -2.03. The Labute approximate surface area is 139 Å². The number of unbranched alkanes of at least 4 members (excludes halogenated alkanes) is 5. The summed E-state index contributed by atoms with van der Waals surface area (Å²) in [4.78, 5) is 11.6. The van der Waals surface area contributed by atoms with Crippen molar-refractivity contribution in [1.82, 2.24) is 5.32 Å². The van der Waals surface area contributed by atoms with E-state index in [1.807, 2.05) is 23.9 Å². The van der Waals surface area contributed by atoms with Gasteiger partial charge in [0.15, 0.2) is 0 Å². The Hall–Kier alpha value is -1.22. The zero-order valence-electron chi connectivity index (χ0n) is 13.7. The molecule has 0 radical (unpaired) electrons.